The van der Waals surface area contributed by atoms with Gasteiger partial charge in [0.25, 0.3) is 0 Å². The van der Waals surface area contributed by atoms with E-state index in [4.69, 9.17) is 18.8 Å². The third-order valence-electron chi connectivity index (χ3n) is 5.51. The average molecular weight is 396 g/mol. The summed E-state index contributed by atoms with van der Waals surface area (Å²) in [5.41, 5.74) is 1.46. The van der Waals surface area contributed by atoms with Crippen LogP contribution in [0.3, 0.4) is 0 Å². The van der Waals surface area contributed by atoms with Crippen molar-refractivity contribution in [1.29, 1.82) is 0 Å². The maximum Gasteiger partial charge on any atom is 0.495 e. The van der Waals surface area contributed by atoms with Crippen LogP contribution < -0.4 is 10.2 Å². The Morgan fingerprint density at radius 1 is 0.966 bits per heavy atom. The molecule has 0 atom stereocenters. The number of ether oxygens (including phenoxy) is 2. The predicted molar refractivity (Wildman–Crippen MR) is 114 cm³/mol. The second kappa shape index (κ2) is 9.12. The molecule has 2 aromatic rings. The minimum Gasteiger partial charge on any atom is -0.494 e. The molecule has 0 amide bonds. The fraction of sp³-hybridized carbons (Fsp3) is 0.435. The van der Waals surface area contributed by atoms with Gasteiger partial charge in [-0.1, -0.05) is 30.3 Å². The summed E-state index contributed by atoms with van der Waals surface area (Å²) in [6.45, 7) is 9.70. The first-order valence-electron chi connectivity index (χ1n) is 10.0. The molecule has 1 aliphatic rings. The largest absolute Gasteiger partial charge is 0.495 e. The smallest absolute Gasteiger partial charge is 0.494 e. The van der Waals surface area contributed by atoms with Gasteiger partial charge in [0.15, 0.2) is 0 Å². The zero-order valence-corrected chi connectivity index (χ0v) is 17.6. The number of rotatable bonds is 9. The van der Waals surface area contributed by atoms with E-state index in [1.165, 1.54) is 0 Å². The van der Waals surface area contributed by atoms with Gasteiger partial charge in [-0.2, -0.15) is 0 Å². The third-order valence-corrected chi connectivity index (χ3v) is 5.51. The van der Waals surface area contributed by atoms with Gasteiger partial charge in [-0.25, -0.2) is 0 Å². The van der Waals surface area contributed by atoms with Crippen LogP contribution in [0.15, 0.2) is 48.5 Å². The lowest BCUT2D eigenvalue weighted by Gasteiger charge is -2.32. The van der Waals surface area contributed by atoms with Crippen LogP contribution in [0.1, 0.15) is 50.0 Å². The standard InChI is InChI=1S/C23H29BO5/c1-22(2)23(3,4)29-24(28-22)21-15-20(12-11-19(21)16-25)27-14-8-13-26-17-18-9-6-5-7-10-18/h5-7,9-12,15-16H,8,13-14,17H2,1-4H3. The molecule has 3 rings (SSSR count). The highest BCUT2D eigenvalue weighted by atomic mass is 16.7. The van der Waals surface area contributed by atoms with Crippen LogP contribution in [0.2, 0.25) is 0 Å². The molecular weight excluding hydrogens is 367 g/mol. The van der Waals surface area contributed by atoms with Crippen LogP contribution in [0.5, 0.6) is 5.75 Å². The Morgan fingerprint density at radius 2 is 1.66 bits per heavy atom. The van der Waals surface area contributed by atoms with E-state index in [-0.39, 0.29) is 0 Å². The molecule has 1 aliphatic heterocycles. The molecule has 0 aliphatic carbocycles. The van der Waals surface area contributed by atoms with E-state index in [0.717, 1.165) is 18.3 Å². The van der Waals surface area contributed by atoms with Crippen molar-refractivity contribution in [2.75, 3.05) is 13.2 Å². The summed E-state index contributed by atoms with van der Waals surface area (Å²) in [5, 5.41) is 0. The lowest BCUT2D eigenvalue weighted by Crippen LogP contribution is -2.41. The zero-order valence-electron chi connectivity index (χ0n) is 17.6. The van der Waals surface area contributed by atoms with E-state index in [9.17, 15) is 4.79 Å². The van der Waals surface area contributed by atoms with Crippen LogP contribution in [0.25, 0.3) is 0 Å². The molecule has 154 valence electrons. The molecule has 2 aromatic carbocycles. The van der Waals surface area contributed by atoms with Crippen molar-refractivity contribution in [1.82, 2.24) is 0 Å². The highest BCUT2D eigenvalue weighted by Crippen LogP contribution is 2.36. The molecule has 0 unspecified atom stereocenters. The molecule has 5 nitrogen and oxygen atoms in total. The summed E-state index contributed by atoms with van der Waals surface area (Å²) in [5.74, 6) is 0.684. The number of hydrogen-bond acceptors (Lipinski definition) is 5. The Bertz CT molecular complexity index is 803. The minimum atomic E-state index is -0.599. The molecule has 1 fully saturated rings. The van der Waals surface area contributed by atoms with Gasteiger partial charge in [0.1, 0.15) is 12.0 Å². The predicted octanol–water partition coefficient (Wildman–Crippen LogP) is 3.78. The highest BCUT2D eigenvalue weighted by molar-refractivity contribution is 6.63. The number of aldehydes is 1. The van der Waals surface area contributed by atoms with Gasteiger partial charge in [-0.05, 0) is 56.9 Å². The van der Waals surface area contributed by atoms with Crippen molar-refractivity contribution in [3.63, 3.8) is 0 Å². The Labute approximate surface area is 173 Å². The third kappa shape index (κ3) is 5.27. The van der Waals surface area contributed by atoms with Crippen molar-refractivity contribution < 1.29 is 23.6 Å². The first kappa shape index (κ1) is 21.6. The summed E-state index contributed by atoms with van der Waals surface area (Å²) in [7, 11) is -0.599. The molecule has 0 spiro atoms. The van der Waals surface area contributed by atoms with Crippen molar-refractivity contribution in [2.45, 2.75) is 51.9 Å². The molecule has 0 radical (unpaired) electrons. The summed E-state index contributed by atoms with van der Waals surface area (Å²) >= 11 is 0. The van der Waals surface area contributed by atoms with Gasteiger partial charge in [-0.15, -0.1) is 0 Å². The fourth-order valence-electron chi connectivity index (χ4n) is 3.04. The molecule has 6 heteroatoms. The molecule has 0 N–H and O–H groups in total. The van der Waals surface area contributed by atoms with Crippen molar-refractivity contribution in [3.8, 4) is 5.75 Å². The summed E-state index contributed by atoms with van der Waals surface area (Å²) < 4.78 is 23.7. The highest BCUT2D eigenvalue weighted by Gasteiger charge is 2.52. The Balaban J connectivity index is 1.53. The summed E-state index contributed by atoms with van der Waals surface area (Å²) in [6.07, 6.45) is 1.59. The van der Waals surface area contributed by atoms with E-state index in [2.05, 4.69) is 0 Å². The van der Waals surface area contributed by atoms with Crippen molar-refractivity contribution in [2.24, 2.45) is 0 Å². The van der Waals surface area contributed by atoms with Gasteiger partial charge >= 0.3 is 7.12 Å². The fourth-order valence-corrected chi connectivity index (χ4v) is 3.04. The first-order chi connectivity index (χ1) is 13.8. The van der Waals surface area contributed by atoms with Crippen LogP contribution in [-0.4, -0.2) is 37.8 Å². The van der Waals surface area contributed by atoms with E-state index < -0.39 is 18.3 Å². The number of carbonyl (C=O) groups is 1. The van der Waals surface area contributed by atoms with Crippen molar-refractivity contribution in [3.05, 3.63) is 59.7 Å². The number of carbonyl (C=O) groups excluding carboxylic acids is 1. The normalized spacial score (nSPS) is 17.3. The second-order valence-corrected chi connectivity index (χ2v) is 8.24. The molecule has 1 heterocycles. The lowest BCUT2D eigenvalue weighted by molar-refractivity contribution is 0.00578. The van der Waals surface area contributed by atoms with Crippen LogP contribution >= 0.6 is 0 Å². The molecule has 29 heavy (non-hydrogen) atoms. The van der Waals surface area contributed by atoms with Gasteiger partial charge in [0.05, 0.1) is 31.0 Å². The molecule has 0 aromatic heterocycles. The van der Waals surface area contributed by atoms with E-state index >= 15 is 0 Å². The average Bonchev–Trinajstić information content (AvgIpc) is 2.92. The first-order valence-corrected chi connectivity index (χ1v) is 10.0. The van der Waals surface area contributed by atoms with E-state index in [1.54, 1.807) is 12.1 Å². The monoisotopic (exact) mass is 396 g/mol. The van der Waals surface area contributed by atoms with Crippen molar-refractivity contribution >= 4 is 18.9 Å². The summed E-state index contributed by atoms with van der Waals surface area (Å²) in [4.78, 5) is 11.5. The Hall–Kier alpha value is -2.15. The van der Waals surface area contributed by atoms with Crippen LogP contribution in [0, 0.1) is 0 Å². The Kier molecular flexibility index (Phi) is 6.78. The molecule has 0 saturated carbocycles. The maximum absolute atomic E-state index is 11.5. The second-order valence-electron chi connectivity index (χ2n) is 8.24. The minimum absolute atomic E-state index is 0.467. The summed E-state index contributed by atoms with van der Waals surface area (Å²) in [6, 6.07) is 15.5. The zero-order chi connectivity index (χ0) is 20.9. The van der Waals surface area contributed by atoms with Gasteiger partial charge < -0.3 is 18.8 Å². The Morgan fingerprint density at radius 3 is 2.31 bits per heavy atom. The van der Waals surface area contributed by atoms with E-state index in [1.807, 2.05) is 64.1 Å². The number of benzene rings is 2. The van der Waals surface area contributed by atoms with Gasteiger partial charge in [0.2, 0.25) is 0 Å². The van der Waals surface area contributed by atoms with Crippen LogP contribution in [0.4, 0.5) is 0 Å². The molecule has 1 saturated heterocycles. The van der Waals surface area contributed by atoms with Crippen LogP contribution in [-0.2, 0) is 20.7 Å². The van der Waals surface area contributed by atoms with Gasteiger partial charge in [0, 0.05) is 12.0 Å². The maximum atomic E-state index is 11.5. The van der Waals surface area contributed by atoms with E-state index in [0.29, 0.717) is 36.6 Å². The van der Waals surface area contributed by atoms with Gasteiger partial charge in [-0.3, -0.25) is 4.79 Å². The quantitative estimate of drug-likeness (QED) is 0.367. The SMILES string of the molecule is CC1(C)OB(c2cc(OCCCOCc3ccccc3)ccc2C=O)OC1(C)C. The lowest BCUT2D eigenvalue weighted by atomic mass is 9.76. The number of hydrogen-bond donors (Lipinski definition) is 0. The molecular formula is C23H29BO5. The topological polar surface area (TPSA) is 54.0 Å². The molecule has 0 bridgehead atoms.